The standard InChI is InChI=1S/C25H26N4S/c1-28(2)19-9-11-20(12-10-19)30-21-16-22(25(26-17-21)29-13-5-6-14-29)24-15-18-7-3-4-8-23(18)27-24/h3-4,7-12,15-17,27H,5-6,13-14H2,1-2H3. The third-order valence-electron chi connectivity index (χ3n) is 5.66. The van der Waals surface area contributed by atoms with Crippen molar-refractivity contribution < 1.29 is 0 Å². The second-order valence-corrected chi connectivity index (χ2v) is 9.14. The molecule has 5 heteroatoms. The lowest BCUT2D eigenvalue weighted by Crippen LogP contribution is -2.19. The number of aromatic nitrogens is 2. The zero-order chi connectivity index (χ0) is 20.5. The number of benzene rings is 2. The number of hydrogen-bond donors (Lipinski definition) is 1. The van der Waals surface area contributed by atoms with Crippen LogP contribution in [0.3, 0.4) is 0 Å². The van der Waals surface area contributed by atoms with Crippen LogP contribution in [0, 0.1) is 0 Å². The Balaban J connectivity index is 1.52. The second kappa shape index (κ2) is 8.07. The number of nitrogens with one attached hydrogen (secondary N) is 1. The number of para-hydroxylation sites is 1. The third kappa shape index (κ3) is 3.77. The summed E-state index contributed by atoms with van der Waals surface area (Å²) in [6.07, 6.45) is 4.50. The molecule has 0 saturated carbocycles. The van der Waals surface area contributed by atoms with E-state index in [4.69, 9.17) is 4.98 Å². The van der Waals surface area contributed by atoms with Crippen LogP contribution in [0.5, 0.6) is 0 Å². The van der Waals surface area contributed by atoms with Crippen LogP contribution in [0.25, 0.3) is 22.2 Å². The summed E-state index contributed by atoms with van der Waals surface area (Å²) in [6.45, 7) is 2.16. The number of pyridine rings is 1. The number of hydrogen-bond acceptors (Lipinski definition) is 4. The van der Waals surface area contributed by atoms with Crippen molar-refractivity contribution in [1.29, 1.82) is 0 Å². The molecule has 0 unspecified atom stereocenters. The molecule has 3 heterocycles. The highest BCUT2D eigenvalue weighted by atomic mass is 32.2. The monoisotopic (exact) mass is 414 g/mol. The maximum absolute atomic E-state index is 4.93. The van der Waals surface area contributed by atoms with E-state index < -0.39 is 0 Å². The highest BCUT2D eigenvalue weighted by Gasteiger charge is 2.20. The largest absolute Gasteiger partial charge is 0.378 e. The van der Waals surface area contributed by atoms with Crippen LogP contribution in [0.4, 0.5) is 11.5 Å². The Morgan fingerprint density at radius 1 is 0.933 bits per heavy atom. The lowest BCUT2D eigenvalue weighted by molar-refractivity contribution is 0.933. The average Bonchev–Trinajstić information content (AvgIpc) is 3.44. The van der Waals surface area contributed by atoms with Gasteiger partial charge in [0.1, 0.15) is 5.82 Å². The van der Waals surface area contributed by atoms with Crippen molar-refractivity contribution in [3.8, 4) is 11.3 Å². The molecule has 1 saturated heterocycles. The van der Waals surface area contributed by atoms with Crippen LogP contribution in [0.15, 0.2) is 76.7 Å². The quantitative estimate of drug-likeness (QED) is 0.431. The van der Waals surface area contributed by atoms with E-state index in [1.165, 1.54) is 34.4 Å². The highest BCUT2D eigenvalue weighted by Crippen LogP contribution is 2.37. The summed E-state index contributed by atoms with van der Waals surface area (Å²) in [5.74, 6) is 1.09. The molecule has 0 radical (unpaired) electrons. The molecule has 4 nitrogen and oxygen atoms in total. The molecule has 0 aliphatic carbocycles. The first kappa shape index (κ1) is 19.1. The Hall–Kier alpha value is -2.92. The minimum atomic E-state index is 1.08. The van der Waals surface area contributed by atoms with E-state index >= 15 is 0 Å². The average molecular weight is 415 g/mol. The fourth-order valence-electron chi connectivity index (χ4n) is 4.04. The van der Waals surface area contributed by atoms with Gasteiger partial charge in [-0.3, -0.25) is 0 Å². The van der Waals surface area contributed by atoms with Crippen molar-refractivity contribution in [3.63, 3.8) is 0 Å². The SMILES string of the molecule is CN(C)c1ccc(Sc2cnc(N3CCCC3)c(-c3cc4ccccc4[nH]3)c2)cc1. The van der Waals surface area contributed by atoms with Crippen molar-refractivity contribution >= 4 is 34.2 Å². The zero-order valence-corrected chi connectivity index (χ0v) is 18.2. The molecule has 0 amide bonds. The van der Waals surface area contributed by atoms with E-state index in [0.717, 1.165) is 35.0 Å². The molecule has 152 valence electrons. The number of H-pyrrole nitrogens is 1. The molecule has 5 rings (SSSR count). The lowest BCUT2D eigenvalue weighted by atomic mass is 10.1. The maximum atomic E-state index is 4.93. The van der Waals surface area contributed by atoms with Gasteiger partial charge in [0.2, 0.25) is 0 Å². The Labute approximate surface area is 181 Å². The minimum Gasteiger partial charge on any atom is -0.378 e. The molecule has 1 aliphatic rings. The van der Waals surface area contributed by atoms with Gasteiger partial charge in [0, 0.05) is 65.3 Å². The van der Waals surface area contributed by atoms with E-state index in [0.29, 0.717) is 0 Å². The molecule has 0 spiro atoms. The van der Waals surface area contributed by atoms with Crippen LogP contribution in [-0.2, 0) is 0 Å². The number of aromatic amines is 1. The number of fused-ring (bicyclic) bond motifs is 1. The summed E-state index contributed by atoms with van der Waals surface area (Å²) >= 11 is 1.76. The van der Waals surface area contributed by atoms with Crippen molar-refractivity contribution in [2.24, 2.45) is 0 Å². The van der Waals surface area contributed by atoms with Crippen LogP contribution in [-0.4, -0.2) is 37.2 Å². The maximum Gasteiger partial charge on any atom is 0.137 e. The van der Waals surface area contributed by atoms with E-state index in [1.54, 1.807) is 11.8 Å². The Morgan fingerprint density at radius 2 is 1.70 bits per heavy atom. The van der Waals surface area contributed by atoms with Crippen molar-refractivity contribution in [2.75, 3.05) is 37.0 Å². The van der Waals surface area contributed by atoms with Gasteiger partial charge < -0.3 is 14.8 Å². The molecule has 30 heavy (non-hydrogen) atoms. The molecule has 0 atom stereocenters. The molecule has 1 N–H and O–H groups in total. The van der Waals surface area contributed by atoms with Crippen molar-refractivity contribution in [1.82, 2.24) is 9.97 Å². The van der Waals surface area contributed by atoms with Crippen LogP contribution < -0.4 is 9.80 Å². The van der Waals surface area contributed by atoms with Gasteiger partial charge in [-0.1, -0.05) is 30.0 Å². The number of rotatable bonds is 5. The molecule has 1 fully saturated rings. The van der Waals surface area contributed by atoms with Crippen LogP contribution in [0.2, 0.25) is 0 Å². The highest BCUT2D eigenvalue weighted by molar-refractivity contribution is 7.99. The summed E-state index contributed by atoms with van der Waals surface area (Å²) in [7, 11) is 4.13. The number of nitrogens with zero attached hydrogens (tertiary/aromatic N) is 3. The van der Waals surface area contributed by atoms with Gasteiger partial charge in [0.25, 0.3) is 0 Å². The van der Waals surface area contributed by atoms with Crippen molar-refractivity contribution in [2.45, 2.75) is 22.6 Å². The van der Waals surface area contributed by atoms with Gasteiger partial charge >= 0.3 is 0 Å². The number of anilines is 2. The second-order valence-electron chi connectivity index (χ2n) is 8.00. The molecular formula is C25H26N4S. The summed E-state index contributed by atoms with van der Waals surface area (Å²) in [5.41, 5.74) is 4.69. The summed E-state index contributed by atoms with van der Waals surface area (Å²) in [4.78, 5) is 15.4. The summed E-state index contributed by atoms with van der Waals surface area (Å²) in [6, 6.07) is 21.7. The third-order valence-corrected chi connectivity index (χ3v) is 6.62. The molecule has 2 aromatic heterocycles. The topological polar surface area (TPSA) is 35.2 Å². The van der Waals surface area contributed by atoms with Crippen molar-refractivity contribution in [3.05, 3.63) is 66.9 Å². The van der Waals surface area contributed by atoms with Gasteiger partial charge in [-0.25, -0.2) is 4.98 Å². The Bertz CT molecular complexity index is 1120. The van der Waals surface area contributed by atoms with Crippen LogP contribution >= 0.6 is 11.8 Å². The smallest absolute Gasteiger partial charge is 0.137 e. The van der Waals surface area contributed by atoms with Gasteiger partial charge in [-0.2, -0.15) is 0 Å². The Kier molecular flexibility index (Phi) is 5.13. The molecule has 1 aliphatic heterocycles. The normalized spacial score (nSPS) is 13.9. The molecule has 0 bridgehead atoms. The van der Waals surface area contributed by atoms with Gasteiger partial charge in [0.05, 0.1) is 5.69 Å². The van der Waals surface area contributed by atoms with Crippen LogP contribution in [0.1, 0.15) is 12.8 Å². The van der Waals surface area contributed by atoms with Gasteiger partial charge in [-0.15, -0.1) is 0 Å². The zero-order valence-electron chi connectivity index (χ0n) is 17.4. The molecular weight excluding hydrogens is 388 g/mol. The molecule has 2 aromatic carbocycles. The van der Waals surface area contributed by atoms with E-state index in [-0.39, 0.29) is 0 Å². The fourth-order valence-corrected chi connectivity index (χ4v) is 4.87. The minimum absolute atomic E-state index is 1.08. The lowest BCUT2D eigenvalue weighted by Gasteiger charge is -2.20. The molecule has 4 aromatic rings. The summed E-state index contributed by atoms with van der Waals surface area (Å²) < 4.78 is 0. The predicted octanol–water partition coefficient (Wildman–Crippen LogP) is 6.05. The van der Waals surface area contributed by atoms with Gasteiger partial charge in [0.15, 0.2) is 0 Å². The first-order valence-corrected chi connectivity index (χ1v) is 11.3. The van der Waals surface area contributed by atoms with E-state index in [9.17, 15) is 0 Å². The first-order valence-electron chi connectivity index (χ1n) is 10.5. The van der Waals surface area contributed by atoms with E-state index in [1.807, 2.05) is 6.20 Å². The summed E-state index contributed by atoms with van der Waals surface area (Å²) in [5, 5.41) is 1.23. The fraction of sp³-hybridized carbons (Fsp3) is 0.240. The predicted molar refractivity (Wildman–Crippen MR) is 128 cm³/mol. The van der Waals surface area contributed by atoms with E-state index in [2.05, 4.69) is 89.5 Å². The Morgan fingerprint density at radius 3 is 2.43 bits per heavy atom. The first-order chi connectivity index (χ1) is 14.7. The van der Waals surface area contributed by atoms with Gasteiger partial charge in [-0.05, 0) is 55.3 Å².